The van der Waals surface area contributed by atoms with E-state index in [1.165, 1.54) is 4.90 Å². The fourth-order valence-electron chi connectivity index (χ4n) is 3.59. The van der Waals surface area contributed by atoms with E-state index in [1.54, 1.807) is 13.3 Å². The molecule has 6 nitrogen and oxygen atoms in total. The van der Waals surface area contributed by atoms with Crippen LogP contribution in [0.3, 0.4) is 0 Å². The van der Waals surface area contributed by atoms with Crippen LogP contribution in [0, 0.1) is 11.3 Å². The molecule has 1 saturated heterocycles. The Morgan fingerprint density at radius 3 is 2.67 bits per heavy atom. The van der Waals surface area contributed by atoms with Gasteiger partial charge >= 0.3 is 0 Å². The molecule has 2 N–H and O–H groups in total. The van der Waals surface area contributed by atoms with Crippen LogP contribution < -0.4 is 10.1 Å². The number of nitrogens with zero attached hydrogens (tertiary/aromatic N) is 2. The standard InChI is InChI=1S/C21H26N4O2/c1-14(2)11-21(3)19(26)25(20(22)24-21)13-15-6-5-7-16(10-15)17-8-9-18(27-4)23-12-17/h5-10,12,14H,11,13H2,1-4H3,(H2,22,24). The maximum absolute atomic E-state index is 12.9. The van der Waals surface area contributed by atoms with Crippen LogP contribution in [0.5, 0.6) is 5.88 Å². The van der Waals surface area contributed by atoms with Gasteiger partial charge in [0.25, 0.3) is 5.91 Å². The van der Waals surface area contributed by atoms with Gasteiger partial charge in [-0.15, -0.1) is 0 Å². The lowest BCUT2D eigenvalue weighted by molar-refractivity contribution is -0.131. The molecule has 1 aromatic carbocycles. The van der Waals surface area contributed by atoms with Gasteiger partial charge < -0.3 is 10.1 Å². The Labute approximate surface area is 160 Å². The third-order valence-corrected chi connectivity index (χ3v) is 4.74. The number of rotatable bonds is 6. The summed E-state index contributed by atoms with van der Waals surface area (Å²) in [5, 5.41) is 11.3. The van der Waals surface area contributed by atoms with Gasteiger partial charge in [-0.3, -0.25) is 15.1 Å². The van der Waals surface area contributed by atoms with E-state index in [0.29, 0.717) is 24.8 Å². The van der Waals surface area contributed by atoms with Crippen LogP contribution in [0.4, 0.5) is 0 Å². The maximum Gasteiger partial charge on any atom is 0.255 e. The molecule has 0 bridgehead atoms. The number of benzene rings is 1. The number of aromatic nitrogens is 1. The van der Waals surface area contributed by atoms with E-state index in [1.807, 2.05) is 43.3 Å². The molecule has 1 amide bonds. The Morgan fingerprint density at radius 1 is 1.26 bits per heavy atom. The number of guanidine groups is 1. The van der Waals surface area contributed by atoms with Crippen molar-refractivity contribution in [2.75, 3.05) is 7.11 Å². The largest absolute Gasteiger partial charge is 0.481 e. The molecule has 142 valence electrons. The number of carbonyl (C=O) groups excluding carboxylic acids is 1. The smallest absolute Gasteiger partial charge is 0.255 e. The SMILES string of the molecule is COc1ccc(-c2cccc(CN3C(=N)NC(C)(CC(C)C)C3=O)c2)cn1. The van der Waals surface area contributed by atoms with Gasteiger partial charge in [0.05, 0.1) is 13.7 Å². The van der Waals surface area contributed by atoms with Crippen LogP contribution in [0.1, 0.15) is 32.8 Å². The fourth-order valence-corrected chi connectivity index (χ4v) is 3.59. The summed E-state index contributed by atoms with van der Waals surface area (Å²) in [7, 11) is 1.59. The van der Waals surface area contributed by atoms with Crippen molar-refractivity contribution in [3.05, 3.63) is 48.2 Å². The number of methoxy groups -OCH3 is 1. The molecule has 1 aliphatic rings. The van der Waals surface area contributed by atoms with Crippen LogP contribution in [0.15, 0.2) is 42.6 Å². The van der Waals surface area contributed by atoms with Crippen molar-refractivity contribution in [1.29, 1.82) is 5.41 Å². The Hall–Kier alpha value is -2.89. The molecule has 6 heteroatoms. The van der Waals surface area contributed by atoms with Crippen molar-refractivity contribution in [3.8, 4) is 17.0 Å². The number of amides is 1. The molecule has 2 aromatic rings. The summed E-state index contributed by atoms with van der Waals surface area (Å²) in [4.78, 5) is 18.7. The lowest BCUT2D eigenvalue weighted by Gasteiger charge is -2.24. The fraction of sp³-hybridized carbons (Fsp3) is 0.381. The van der Waals surface area contributed by atoms with Gasteiger partial charge in [0.2, 0.25) is 5.88 Å². The molecule has 0 saturated carbocycles. The predicted molar refractivity (Wildman–Crippen MR) is 105 cm³/mol. The summed E-state index contributed by atoms with van der Waals surface area (Å²) in [6, 6.07) is 11.7. The minimum Gasteiger partial charge on any atom is -0.481 e. The van der Waals surface area contributed by atoms with Crippen LogP contribution >= 0.6 is 0 Å². The molecule has 3 rings (SSSR count). The zero-order chi connectivity index (χ0) is 19.6. The highest BCUT2D eigenvalue weighted by molar-refractivity contribution is 6.07. The van der Waals surface area contributed by atoms with Crippen molar-refractivity contribution < 1.29 is 9.53 Å². The van der Waals surface area contributed by atoms with Crippen LogP contribution in [-0.2, 0) is 11.3 Å². The van der Waals surface area contributed by atoms with Crippen molar-refractivity contribution in [2.24, 2.45) is 5.92 Å². The number of hydrogen-bond donors (Lipinski definition) is 2. The third-order valence-electron chi connectivity index (χ3n) is 4.74. The number of hydrogen-bond acceptors (Lipinski definition) is 4. The van der Waals surface area contributed by atoms with E-state index < -0.39 is 5.54 Å². The summed E-state index contributed by atoms with van der Waals surface area (Å²) >= 11 is 0. The first-order valence-electron chi connectivity index (χ1n) is 9.10. The lowest BCUT2D eigenvalue weighted by Crippen LogP contribution is -2.44. The number of pyridine rings is 1. The van der Waals surface area contributed by atoms with Crippen molar-refractivity contribution in [3.63, 3.8) is 0 Å². The highest BCUT2D eigenvalue weighted by atomic mass is 16.5. The molecule has 0 radical (unpaired) electrons. The molecule has 1 atom stereocenters. The maximum atomic E-state index is 12.9. The Bertz CT molecular complexity index is 848. The van der Waals surface area contributed by atoms with Gasteiger partial charge in [-0.05, 0) is 42.5 Å². The normalized spacial score (nSPS) is 19.5. The highest BCUT2D eigenvalue weighted by Crippen LogP contribution is 2.27. The quantitative estimate of drug-likeness (QED) is 0.821. The first-order valence-corrected chi connectivity index (χ1v) is 9.10. The van der Waals surface area contributed by atoms with Crippen molar-refractivity contribution in [1.82, 2.24) is 15.2 Å². The van der Waals surface area contributed by atoms with Crippen LogP contribution in [-0.4, -0.2) is 34.4 Å². The first-order chi connectivity index (χ1) is 12.8. The second kappa shape index (κ2) is 7.39. The zero-order valence-corrected chi connectivity index (χ0v) is 16.2. The van der Waals surface area contributed by atoms with E-state index in [9.17, 15) is 4.79 Å². The van der Waals surface area contributed by atoms with Gasteiger partial charge in [-0.1, -0.05) is 32.0 Å². The topological polar surface area (TPSA) is 78.3 Å². The zero-order valence-electron chi connectivity index (χ0n) is 16.2. The summed E-state index contributed by atoms with van der Waals surface area (Å²) in [6.45, 7) is 6.41. The molecule has 1 fully saturated rings. The van der Waals surface area contributed by atoms with E-state index >= 15 is 0 Å². The van der Waals surface area contributed by atoms with Crippen molar-refractivity contribution in [2.45, 2.75) is 39.3 Å². The van der Waals surface area contributed by atoms with Gasteiger partial charge in [-0.2, -0.15) is 0 Å². The number of nitrogens with one attached hydrogen (secondary N) is 2. The van der Waals surface area contributed by atoms with E-state index in [2.05, 4.69) is 24.1 Å². The van der Waals surface area contributed by atoms with Crippen LogP contribution in [0.2, 0.25) is 0 Å². The van der Waals surface area contributed by atoms with Crippen LogP contribution in [0.25, 0.3) is 11.1 Å². The van der Waals surface area contributed by atoms with E-state index in [-0.39, 0.29) is 11.9 Å². The van der Waals surface area contributed by atoms with Gasteiger partial charge in [0.1, 0.15) is 5.54 Å². The van der Waals surface area contributed by atoms with E-state index in [0.717, 1.165) is 16.7 Å². The third kappa shape index (κ3) is 3.94. The molecule has 27 heavy (non-hydrogen) atoms. The van der Waals surface area contributed by atoms with Gasteiger partial charge in [0, 0.05) is 17.8 Å². The minimum atomic E-state index is -0.706. The second-order valence-corrected chi connectivity index (χ2v) is 7.58. The van der Waals surface area contributed by atoms with Gasteiger partial charge in [0.15, 0.2) is 5.96 Å². The Balaban J connectivity index is 1.80. The average Bonchev–Trinajstić information content (AvgIpc) is 2.84. The first kappa shape index (κ1) is 18.9. The summed E-state index contributed by atoms with van der Waals surface area (Å²) in [6.07, 6.45) is 2.46. The van der Waals surface area contributed by atoms with Crippen molar-refractivity contribution >= 4 is 11.9 Å². The highest BCUT2D eigenvalue weighted by Gasteiger charge is 2.45. The molecule has 1 aromatic heterocycles. The molecular weight excluding hydrogens is 340 g/mol. The molecular formula is C21H26N4O2. The summed E-state index contributed by atoms with van der Waals surface area (Å²) in [5.41, 5.74) is 2.25. The number of ether oxygens (including phenoxy) is 1. The Morgan fingerprint density at radius 2 is 2.04 bits per heavy atom. The molecule has 0 aliphatic carbocycles. The average molecular weight is 366 g/mol. The van der Waals surface area contributed by atoms with E-state index in [4.69, 9.17) is 10.1 Å². The molecule has 2 heterocycles. The lowest BCUT2D eigenvalue weighted by atomic mass is 9.91. The molecule has 0 spiro atoms. The Kier molecular flexibility index (Phi) is 5.17. The number of carbonyl (C=O) groups is 1. The monoisotopic (exact) mass is 366 g/mol. The summed E-state index contributed by atoms with van der Waals surface area (Å²) in [5.74, 6) is 1.06. The molecule has 1 unspecified atom stereocenters. The second-order valence-electron chi connectivity index (χ2n) is 7.58. The predicted octanol–water partition coefficient (Wildman–Crippen LogP) is 3.43. The minimum absolute atomic E-state index is 0.0438. The summed E-state index contributed by atoms with van der Waals surface area (Å²) < 4.78 is 5.10. The van der Waals surface area contributed by atoms with Gasteiger partial charge in [-0.25, -0.2) is 4.98 Å². The molecule has 1 aliphatic heterocycles.